The minimum absolute atomic E-state index is 0.00343. The van der Waals surface area contributed by atoms with Crippen molar-refractivity contribution in [1.82, 2.24) is 0 Å². The molecule has 1 aromatic rings. The van der Waals surface area contributed by atoms with E-state index in [0.717, 1.165) is 6.26 Å². The second kappa shape index (κ2) is 6.03. The number of nitrogens with two attached hydrogens (primary N) is 1. The first-order valence-electron chi connectivity index (χ1n) is 5.11. The van der Waals surface area contributed by atoms with Crippen LogP contribution in [0, 0.1) is 0 Å². The molecule has 0 unspecified atom stereocenters. The lowest BCUT2D eigenvalue weighted by Gasteiger charge is -2.07. The Balaban J connectivity index is 3.46. The molecule has 8 heteroatoms. The van der Waals surface area contributed by atoms with Gasteiger partial charge in [-0.15, -0.1) is 11.6 Å². The predicted octanol–water partition coefficient (Wildman–Crippen LogP) is 1.10. The van der Waals surface area contributed by atoms with Crippen molar-refractivity contribution in [3.8, 4) is 0 Å². The summed E-state index contributed by atoms with van der Waals surface area (Å²) in [5.41, 5.74) is 5.71. The van der Waals surface area contributed by atoms with E-state index in [2.05, 4.69) is 9.73 Å². The summed E-state index contributed by atoms with van der Waals surface area (Å²) < 4.78 is 27.5. The zero-order chi connectivity index (χ0) is 14.6. The Labute approximate surface area is 116 Å². The van der Waals surface area contributed by atoms with Crippen molar-refractivity contribution in [2.24, 2.45) is 10.7 Å². The van der Waals surface area contributed by atoms with Gasteiger partial charge in [-0.25, -0.2) is 18.2 Å². The first-order valence-corrected chi connectivity index (χ1v) is 7.53. The fourth-order valence-electron chi connectivity index (χ4n) is 1.30. The Bertz CT molecular complexity index is 626. The topological polar surface area (TPSA) is 98.8 Å². The van der Waals surface area contributed by atoms with Crippen LogP contribution in [0.2, 0.25) is 0 Å². The molecule has 104 valence electrons. The zero-order valence-electron chi connectivity index (χ0n) is 10.4. The third-order valence-corrected chi connectivity index (χ3v) is 3.59. The van der Waals surface area contributed by atoms with Gasteiger partial charge in [0.2, 0.25) is 0 Å². The molecule has 0 bridgehead atoms. The summed E-state index contributed by atoms with van der Waals surface area (Å²) in [4.78, 5) is 15.6. The number of carbonyl (C=O) groups is 1. The summed E-state index contributed by atoms with van der Waals surface area (Å²) in [6.07, 6.45) is 1.04. The monoisotopic (exact) mass is 304 g/mol. The number of benzene rings is 1. The maximum atomic E-state index is 11.6. The molecule has 6 nitrogen and oxygen atoms in total. The first-order chi connectivity index (χ1) is 8.79. The van der Waals surface area contributed by atoms with Gasteiger partial charge in [-0.1, -0.05) is 0 Å². The van der Waals surface area contributed by atoms with Crippen LogP contribution in [0.25, 0.3) is 0 Å². The van der Waals surface area contributed by atoms with Gasteiger partial charge in [0.25, 0.3) is 0 Å². The van der Waals surface area contributed by atoms with Gasteiger partial charge in [0, 0.05) is 6.26 Å². The number of hydrogen-bond donors (Lipinski definition) is 1. The highest BCUT2D eigenvalue weighted by Crippen LogP contribution is 2.24. The number of nitrogens with zero attached hydrogens (tertiary/aromatic N) is 1. The van der Waals surface area contributed by atoms with Gasteiger partial charge < -0.3 is 10.5 Å². The maximum Gasteiger partial charge on any atom is 0.340 e. The number of aliphatic imine (C=N–C) groups is 1. The van der Waals surface area contributed by atoms with Gasteiger partial charge in [-0.05, 0) is 18.2 Å². The zero-order valence-corrected chi connectivity index (χ0v) is 12.0. The Kier molecular flexibility index (Phi) is 4.90. The van der Waals surface area contributed by atoms with E-state index in [0.29, 0.717) is 0 Å². The molecule has 0 saturated heterocycles. The lowest BCUT2D eigenvalue weighted by Crippen LogP contribution is -2.13. The molecule has 0 aliphatic rings. The van der Waals surface area contributed by atoms with Crippen LogP contribution in [0.1, 0.15) is 10.4 Å². The van der Waals surface area contributed by atoms with Crippen LogP contribution in [0.4, 0.5) is 5.69 Å². The van der Waals surface area contributed by atoms with Crippen molar-refractivity contribution in [3.63, 3.8) is 0 Å². The number of carbonyl (C=O) groups excluding carboxylic acids is 1. The van der Waals surface area contributed by atoms with Gasteiger partial charge >= 0.3 is 5.97 Å². The molecule has 2 N–H and O–H groups in total. The van der Waals surface area contributed by atoms with E-state index >= 15 is 0 Å². The number of halogens is 1. The van der Waals surface area contributed by atoms with E-state index in [4.69, 9.17) is 17.3 Å². The lowest BCUT2D eigenvalue weighted by molar-refractivity contribution is 0.0601. The van der Waals surface area contributed by atoms with Gasteiger partial charge in [0.15, 0.2) is 9.84 Å². The third-order valence-electron chi connectivity index (χ3n) is 2.20. The number of amidine groups is 1. The molecule has 0 aliphatic carbocycles. The molecular formula is C11H13ClN2O4S. The van der Waals surface area contributed by atoms with Crippen LogP contribution < -0.4 is 5.73 Å². The summed E-state index contributed by atoms with van der Waals surface area (Å²) in [6, 6.07) is 3.91. The molecule has 0 radical (unpaired) electrons. The molecule has 0 saturated carbocycles. The molecule has 0 fully saturated rings. The molecule has 1 rings (SSSR count). The Morgan fingerprint density at radius 3 is 2.58 bits per heavy atom. The lowest BCUT2D eigenvalue weighted by atomic mass is 10.2. The summed E-state index contributed by atoms with van der Waals surface area (Å²) in [6.45, 7) is 0. The minimum Gasteiger partial charge on any atom is -0.465 e. The first kappa shape index (κ1) is 15.5. The van der Waals surface area contributed by atoms with Crippen molar-refractivity contribution >= 4 is 38.9 Å². The normalized spacial score (nSPS) is 12.3. The molecule has 0 spiro atoms. The van der Waals surface area contributed by atoms with Gasteiger partial charge in [0.1, 0.15) is 5.84 Å². The molecule has 0 atom stereocenters. The van der Waals surface area contributed by atoms with Crippen LogP contribution >= 0.6 is 11.6 Å². The smallest absolute Gasteiger partial charge is 0.340 e. The fraction of sp³-hybridized carbons (Fsp3) is 0.273. The SMILES string of the molecule is COC(=O)c1cc(S(C)(=O)=O)ccc1N=C(N)CCl. The largest absolute Gasteiger partial charge is 0.465 e. The van der Waals surface area contributed by atoms with Crippen molar-refractivity contribution in [2.75, 3.05) is 19.2 Å². The van der Waals surface area contributed by atoms with E-state index in [1.807, 2.05) is 0 Å². The number of ether oxygens (including phenoxy) is 1. The van der Waals surface area contributed by atoms with Gasteiger partial charge in [-0.3, -0.25) is 0 Å². The highest BCUT2D eigenvalue weighted by Gasteiger charge is 2.16. The van der Waals surface area contributed by atoms with Crippen molar-refractivity contribution in [1.29, 1.82) is 0 Å². The Morgan fingerprint density at radius 2 is 2.11 bits per heavy atom. The predicted molar refractivity (Wildman–Crippen MR) is 72.9 cm³/mol. The quantitative estimate of drug-likeness (QED) is 0.389. The van der Waals surface area contributed by atoms with Crippen LogP contribution in [-0.2, 0) is 14.6 Å². The summed E-state index contributed by atoms with van der Waals surface area (Å²) in [5, 5.41) is 0. The molecule has 1 aromatic carbocycles. The third kappa shape index (κ3) is 3.93. The highest BCUT2D eigenvalue weighted by molar-refractivity contribution is 7.90. The maximum absolute atomic E-state index is 11.6. The summed E-state index contributed by atoms with van der Waals surface area (Å²) >= 11 is 5.50. The van der Waals surface area contributed by atoms with E-state index in [9.17, 15) is 13.2 Å². The van der Waals surface area contributed by atoms with E-state index < -0.39 is 15.8 Å². The Hall–Kier alpha value is -1.60. The highest BCUT2D eigenvalue weighted by atomic mass is 35.5. The van der Waals surface area contributed by atoms with Crippen LogP contribution in [0.15, 0.2) is 28.1 Å². The molecule has 19 heavy (non-hydrogen) atoms. The average Bonchev–Trinajstić information content (AvgIpc) is 2.36. The molecule has 0 aromatic heterocycles. The second-order valence-electron chi connectivity index (χ2n) is 3.68. The van der Waals surface area contributed by atoms with Crippen molar-refractivity contribution in [3.05, 3.63) is 23.8 Å². The summed E-state index contributed by atoms with van der Waals surface area (Å²) in [5.74, 6) is -0.598. The number of alkyl halides is 1. The number of methoxy groups -OCH3 is 1. The van der Waals surface area contributed by atoms with Gasteiger partial charge in [-0.2, -0.15) is 0 Å². The molecule has 0 heterocycles. The standard InChI is InChI=1S/C11H13ClN2O4S/c1-18-11(15)8-5-7(19(2,16)17)3-4-9(8)14-10(13)6-12/h3-5H,6H2,1-2H3,(H2,13,14). The van der Waals surface area contributed by atoms with Crippen LogP contribution in [-0.4, -0.2) is 39.5 Å². The van der Waals surface area contributed by atoms with E-state index in [1.165, 1.54) is 25.3 Å². The van der Waals surface area contributed by atoms with Crippen LogP contribution in [0.3, 0.4) is 0 Å². The van der Waals surface area contributed by atoms with Crippen molar-refractivity contribution in [2.45, 2.75) is 4.90 Å². The Morgan fingerprint density at radius 1 is 1.47 bits per heavy atom. The minimum atomic E-state index is -3.43. The molecular weight excluding hydrogens is 292 g/mol. The van der Waals surface area contributed by atoms with Gasteiger partial charge in [0.05, 0.1) is 29.1 Å². The number of esters is 1. The van der Waals surface area contributed by atoms with E-state index in [1.54, 1.807) is 0 Å². The number of hydrogen-bond acceptors (Lipinski definition) is 5. The van der Waals surface area contributed by atoms with Crippen molar-refractivity contribution < 1.29 is 17.9 Å². The molecule has 0 amide bonds. The number of sulfone groups is 1. The number of rotatable bonds is 4. The van der Waals surface area contributed by atoms with E-state index in [-0.39, 0.29) is 27.9 Å². The summed E-state index contributed by atoms with van der Waals surface area (Å²) in [7, 11) is -2.24. The fourth-order valence-corrected chi connectivity index (χ4v) is 2.01. The second-order valence-corrected chi connectivity index (χ2v) is 5.96. The van der Waals surface area contributed by atoms with Crippen LogP contribution in [0.5, 0.6) is 0 Å². The average molecular weight is 305 g/mol. The molecule has 0 aliphatic heterocycles.